The van der Waals surface area contributed by atoms with E-state index in [1.165, 1.54) is 11.1 Å². The first kappa shape index (κ1) is 29.0. The van der Waals surface area contributed by atoms with Gasteiger partial charge in [0, 0.05) is 22.5 Å². The van der Waals surface area contributed by atoms with E-state index >= 15 is 0 Å². The van der Waals surface area contributed by atoms with E-state index < -0.39 is 17.7 Å². The highest BCUT2D eigenvalue weighted by atomic mass is 35.5. The van der Waals surface area contributed by atoms with E-state index in [4.69, 9.17) is 16.3 Å². The van der Waals surface area contributed by atoms with Crippen LogP contribution < -0.4 is 10.1 Å². The Morgan fingerprint density at radius 2 is 1.93 bits per heavy atom. The number of anilines is 1. The lowest BCUT2D eigenvalue weighted by atomic mass is 9.59. The number of nitrogens with one attached hydrogen (secondary N) is 1. The minimum Gasteiger partial charge on any atom is -0.493 e. The standard InChI is InChI=1S/C35H40ClFN2O3/c1-22(21-42-30-12-17-38-32-29(37)11-10-23(2)31(30)32)18-25-19-24-6-3-4-9-28(24)34(25)13-15-35(16-14-34,33(40)41)39-27-8-5-7-26(36)20-27/h3-9,12,17,20,22-23,25,29,39H,10-11,13-16,18-19,21H2,1-2H3,(H,40,41)/t22-,23+,25?,29+,34?,35?/m1/s1. The lowest BCUT2D eigenvalue weighted by Crippen LogP contribution is -2.53. The predicted molar refractivity (Wildman–Crippen MR) is 164 cm³/mol. The van der Waals surface area contributed by atoms with Gasteiger partial charge in [0.15, 0.2) is 0 Å². The van der Waals surface area contributed by atoms with Gasteiger partial charge in [-0.1, -0.05) is 55.8 Å². The van der Waals surface area contributed by atoms with Gasteiger partial charge in [-0.25, -0.2) is 9.18 Å². The SMILES string of the molecule is C[C@@H](COc1ccnc2c1[C@@H](C)CC[C@@H]2F)CC1Cc2ccccc2C12CCC(Nc1cccc(Cl)c1)(C(=O)O)CC2. The molecule has 3 aliphatic rings. The molecule has 2 N–H and O–H groups in total. The zero-order chi connectivity index (χ0) is 29.5. The van der Waals surface area contributed by atoms with E-state index in [-0.39, 0.29) is 17.3 Å². The van der Waals surface area contributed by atoms with Crippen molar-refractivity contribution in [3.8, 4) is 5.75 Å². The molecule has 1 heterocycles. The van der Waals surface area contributed by atoms with Gasteiger partial charge >= 0.3 is 5.97 Å². The number of halogens is 2. The lowest BCUT2D eigenvalue weighted by molar-refractivity contribution is -0.144. The molecule has 0 aliphatic heterocycles. The van der Waals surface area contributed by atoms with Gasteiger partial charge in [-0.05, 0) is 110 Å². The minimum absolute atomic E-state index is 0.0639. The highest BCUT2D eigenvalue weighted by molar-refractivity contribution is 6.30. The minimum atomic E-state index is -1.03. The number of rotatable bonds is 8. The molecule has 7 heteroatoms. The number of carboxylic acid groups (broad SMARTS) is 1. The molecule has 1 aromatic heterocycles. The van der Waals surface area contributed by atoms with Crippen molar-refractivity contribution in [2.45, 2.75) is 88.3 Å². The summed E-state index contributed by atoms with van der Waals surface area (Å²) in [6.45, 7) is 4.92. The molecule has 222 valence electrons. The van der Waals surface area contributed by atoms with Crippen LogP contribution >= 0.6 is 11.6 Å². The number of alkyl halides is 1. The summed E-state index contributed by atoms with van der Waals surface area (Å²) < 4.78 is 21.0. The molecule has 0 amide bonds. The molecule has 2 aromatic carbocycles. The molecule has 4 atom stereocenters. The van der Waals surface area contributed by atoms with Crippen molar-refractivity contribution in [3.63, 3.8) is 0 Å². The molecule has 3 aliphatic carbocycles. The number of fused-ring (bicyclic) bond motifs is 3. The molecule has 3 aromatic rings. The van der Waals surface area contributed by atoms with Crippen LogP contribution in [0.4, 0.5) is 10.1 Å². The average Bonchev–Trinajstić information content (AvgIpc) is 3.27. The molecule has 5 nitrogen and oxygen atoms in total. The Hall–Kier alpha value is -3.12. The van der Waals surface area contributed by atoms with Gasteiger partial charge in [-0.3, -0.25) is 4.98 Å². The Morgan fingerprint density at radius 1 is 1.14 bits per heavy atom. The first-order valence-electron chi connectivity index (χ1n) is 15.3. The number of hydrogen-bond acceptors (Lipinski definition) is 4. The summed E-state index contributed by atoms with van der Waals surface area (Å²) in [5.74, 6) is 0.859. The summed E-state index contributed by atoms with van der Waals surface area (Å²) in [4.78, 5) is 17.0. The lowest BCUT2D eigenvalue weighted by Gasteiger charge is -2.47. The van der Waals surface area contributed by atoms with E-state index in [9.17, 15) is 14.3 Å². The fourth-order valence-electron chi connectivity index (χ4n) is 8.01. The van der Waals surface area contributed by atoms with Crippen LogP contribution in [0.25, 0.3) is 0 Å². The van der Waals surface area contributed by atoms with Crippen LogP contribution in [-0.2, 0) is 16.6 Å². The number of carboxylic acids is 1. The van der Waals surface area contributed by atoms with Crippen LogP contribution in [0.1, 0.15) is 93.3 Å². The Bertz CT molecular complexity index is 1450. The second kappa shape index (κ2) is 11.5. The van der Waals surface area contributed by atoms with Gasteiger partial charge in [0.05, 0.1) is 12.3 Å². The van der Waals surface area contributed by atoms with Crippen molar-refractivity contribution >= 4 is 23.3 Å². The number of carbonyl (C=O) groups is 1. The van der Waals surface area contributed by atoms with Crippen molar-refractivity contribution in [3.05, 3.63) is 88.2 Å². The summed E-state index contributed by atoms with van der Waals surface area (Å²) in [5.41, 5.74) is 3.88. The average molecular weight is 591 g/mol. The molecule has 0 saturated heterocycles. The fraction of sp³-hybridized carbons (Fsp3) is 0.486. The molecule has 1 unspecified atom stereocenters. The molecule has 1 fully saturated rings. The van der Waals surface area contributed by atoms with Gasteiger partial charge in [0.25, 0.3) is 0 Å². The third-order valence-electron chi connectivity index (χ3n) is 10.2. The first-order valence-corrected chi connectivity index (χ1v) is 15.7. The molecule has 1 spiro atoms. The van der Waals surface area contributed by atoms with Crippen LogP contribution in [0.15, 0.2) is 60.8 Å². The monoisotopic (exact) mass is 590 g/mol. The van der Waals surface area contributed by atoms with Gasteiger partial charge in [-0.15, -0.1) is 0 Å². The van der Waals surface area contributed by atoms with Gasteiger partial charge < -0.3 is 15.2 Å². The zero-order valence-electron chi connectivity index (χ0n) is 24.4. The number of hydrogen-bond donors (Lipinski definition) is 2. The Morgan fingerprint density at radius 3 is 2.69 bits per heavy atom. The topological polar surface area (TPSA) is 71.5 Å². The Kier molecular flexibility index (Phi) is 7.95. The molecule has 6 rings (SSSR count). The highest BCUT2D eigenvalue weighted by Crippen LogP contribution is 2.56. The van der Waals surface area contributed by atoms with Crippen molar-refractivity contribution in [2.24, 2.45) is 11.8 Å². The van der Waals surface area contributed by atoms with Crippen LogP contribution in [0.3, 0.4) is 0 Å². The molecule has 0 radical (unpaired) electrons. The number of nitrogens with zero attached hydrogens (tertiary/aromatic N) is 1. The summed E-state index contributed by atoms with van der Waals surface area (Å²) in [6, 6.07) is 17.9. The third kappa shape index (κ3) is 5.27. The number of aromatic nitrogens is 1. The molecular weight excluding hydrogens is 551 g/mol. The van der Waals surface area contributed by atoms with E-state index in [1.807, 2.05) is 18.2 Å². The summed E-state index contributed by atoms with van der Waals surface area (Å²) in [7, 11) is 0. The van der Waals surface area contributed by atoms with Crippen molar-refractivity contribution in [1.29, 1.82) is 0 Å². The highest BCUT2D eigenvalue weighted by Gasteiger charge is 2.54. The second-order valence-corrected chi connectivity index (χ2v) is 13.4. The van der Waals surface area contributed by atoms with E-state index in [2.05, 4.69) is 48.4 Å². The zero-order valence-corrected chi connectivity index (χ0v) is 25.2. The largest absolute Gasteiger partial charge is 0.493 e. The van der Waals surface area contributed by atoms with E-state index in [1.54, 1.807) is 18.3 Å². The van der Waals surface area contributed by atoms with Crippen LogP contribution in [0, 0.1) is 11.8 Å². The Balaban J connectivity index is 1.19. The molecule has 42 heavy (non-hydrogen) atoms. The van der Waals surface area contributed by atoms with Crippen molar-refractivity contribution in [2.75, 3.05) is 11.9 Å². The number of pyridine rings is 1. The van der Waals surface area contributed by atoms with Crippen LogP contribution in [0.5, 0.6) is 5.75 Å². The van der Waals surface area contributed by atoms with Gasteiger partial charge in [-0.2, -0.15) is 0 Å². The summed E-state index contributed by atoms with van der Waals surface area (Å²) in [6.07, 6.45) is 6.61. The molecular formula is C35H40ClFN2O3. The third-order valence-corrected chi connectivity index (χ3v) is 10.5. The predicted octanol–water partition coefficient (Wildman–Crippen LogP) is 8.67. The fourth-order valence-corrected chi connectivity index (χ4v) is 8.20. The summed E-state index contributed by atoms with van der Waals surface area (Å²) >= 11 is 6.21. The first-order chi connectivity index (χ1) is 20.2. The molecule has 0 bridgehead atoms. The Labute approximate surface area is 252 Å². The number of benzene rings is 2. The van der Waals surface area contributed by atoms with Crippen LogP contribution in [0.2, 0.25) is 5.02 Å². The van der Waals surface area contributed by atoms with E-state index in [0.29, 0.717) is 42.5 Å². The number of ether oxygens (including phenoxy) is 1. The number of aliphatic carboxylic acids is 1. The quantitative estimate of drug-likeness (QED) is 0.275. The second-order valence-electron chi connectivity index (χ2n) is 12.9. The maximum atomic E-state index is 14.6. The van der Waals surface area contributed by atoms with Crippen molar-refractivity contribution in [1.82, 2.24) is 4.98 Å². The molecule has 1 saturated carbocycles. The summed E-state index contributed by atoms with van der Waals surface area (Å²) in [5, 5.41) is 14.4. The maximum Gasteiger partial charge on any atom is 0.329 e. The van der Waals surface area contributed by atoms with Gasteiger partial charge in [0.2, 0.25) is 0 Å². The van der Waals surface area contributed by atoms with Crippen LogP contribution in [-0.4, -0.2) is 28.2 Å². The van der Waals surface area contributed by atoms with Crippen molar-refractivity contribution < 1.29 is 19.0 Å². The smallest absolute Gasteiger partial charge is 0.329 e. The normalized spacial score (nSPS) is 29.0. The van der Waals surface area contributed by atoms with Gasteiger partial charge in [0.1, 0.15) is 17.5 Å². The maximum absolute atomic E-state index is 14.6. The van der Waals surface area contributed by atoms with E-state index in [0.717, 1.165) is 49.1 Å².